The van der Waals surface area contributed by atoms with E-state index in [4.69, 9.17) is 12.3 Å². The summed E-state index contributed by atoms with van der Waals surface area (Å²) >= 11 is 0. The van der Waals surface area contributed by atoms with E-state index in [1.54, 1.807) is 36.8 Å². The lowest BCUT2D eigenvalue weighted by atomic mass is 10.2. The number of pyridine rings is 2. The van der Waals surface area contributed by atoms with Crippen LogP contribution in [0, 0.1) is 6.57 Å². The first-order valence-corrected chi connectivity index (χ1v) is 6.68. The molecule has 0 aliphatic heterocycles. The van der Waals surface area contributed by atoms with Crippen LogP contribution >= 0.6 is 0 Å². The van der Waals surface area contributed by atoms with Crippen molar-refractivity contribution in [1.29, 1.82) is 0 Å². The van der Waals surface area contributed by atoms with E-state index in [-0.39, 0.29) is 12.3 Å². The molecular formula is C16H14N6O. The third-order valence-corrected chi connectivity index (χ3v) is 2.78. The Morgan fingerprint density at radius 1 is 1.22 bits per heavy atom. The second-order valence-electron chi connectivity index (χ2n) is 4.43. The Hall–Kier alpha value is -3.53. The number of nitrogens with two attached hydrogens (primary N) is 1. The van der Waals surface area contributed by atoms with Crippen molar-refractivity contribution in [2.75, 3.05) is 12.3 Å². The molecule has 0 amide bonds. The van der Waals surface area contributed by atoms with Crippen molar-refractivity contribution in [3.63, 3.8) is 0 Å². The van der Waals surface area contributed by atoms with Crippen LogP contribution in [0.3, 0.4) is 0 Å². The molecule has 0 bridgehead atoms. The predicted molar refractivity (Wildman–Crippen MR) is 86.3 cm³/mol. The number of hydrogen-bond acceptors (Lipinski definition) is 5. The molecule has 0 atom stereocenters. The van der Waals surface area contributed by atoms with Crippen LogP contribution in [0.2, 0.25) is 0 Å². The fraction of sp³-hybridized carbons (Fsp3) is 0.0625. The maximum absolute atomic E-state index is 11.0. The number of aromatic nitrogens is 4. The molecule has 7 heteroatoms. The van der Waals surface area contributed by atoms with Crippen LogP contribution in [-0.2, 0) is 0 Å². The number of carbonyl (C=O) groups excluding carboxylic acids is 1. The number of H-pyrrole nitrogens is 1. The predicted octanol–water partition coefficient (Wildman–Crippen LogP) is 2.24. The minimum Gasteiger partial charge on any atom is -0.382 e. The Morgan fingerprint density at radius 3 is 2.48 bits per heavy atom. The van der Waals surface area contributed by atoms with Gasteiger partial charge in [0, 0.05) is 42.0 Å². The largest absolute Gasteiger partial charge is 0.382 e. The van der Waals surface area contributed by atoms with E-state index in [9.17, 15) is 4.79 Å². The number of ketones is 1. The van der Waals surface area contributed by atoms with Crippen molar-refractivity contribution >= 4 is 11.6 Å². The molecule has 0 spiro atoms. The first-order valence-electron chi connectivity index (χ1n) is 6.68. The number of nitrogens with one attached hydrogen (secondary N) is 1. The van der Waals surface area contributed by atoms with Gasteiger partial charge in [0.1, 0.15) is 5.82 Å². The maximum Gasteiger partial charge on any atom is 0.276 e. The van der Waals surface area contributed by atoms with Crippen molar-refractivity contribution in [1.82, 2.24) is 20.2 Å². The lowest BCUT2D eigenvalue weighted by Crippen LogP contribution is -2.01. The molecule has 0 saturated carbocycles. The SMILES string of the molecule is Nc1cc(-c2cccnc2)[nH]n1.[C-]#[N+]CC(=O)c1cccnc1. The first kappa shape index (κ1) is 15.9. The third-order valence-electron chi connectivity index (χ3n) is 2.78. The highest BCUT2D eigenvalue weighted by Gasteiger charge is 2.06. The molecule has 3 rings (SSSR count). The summed E-state index contributed by atoms with van der Waals surface area (Å²) in [6.07, 6.45) is 6.54. The van der Waals surface area contributed by atoms with Crippen LogP contribution in [0.1, 0.15) is 10.4 Å². The zero-order valence-corrected chi connectivity index (χ0v) is 12.2. The number of Topliss-reactive ketones (excluding diaryl/α,β-unsaturated/α-hetero) is 1. The topological polar surface area (TPSA) is 102 Å². The Labute approximate surface area is 133 Å². The van der Waals surface area contributed by atoms with Crippen LogP contribution in [0.5, 0.6) is 0 Å². The average molecular weight is 306 g/mol. The van der Waals surface area contributed by atoms with E-state index >= 15 is 0 Å². The van der Waals surface area contributed by atoms with Crippen LogP contribution in [0.4, 0.5) is 5.82 Å². The standard InChI is InChI=1S/C8H8N4.C8H6N2O/c9-8-4-7(11-12-8)6-2-1-3-10-5-6;1-9-6-8(11)7-3-2-4-10-5-7/h1-5H,(H3,9,11,12);2-5H,6H2. The number of hydrogen-bond donors (Lipinski definition) is 2. The molecule has 114 valence electrons. The van der Waals surface area contributed by atoms with E-state index < -0.39 is 0 Å². The van der Waals surface area contributed by atoms with Crippen LogP contribution < -0.4 is 5.73 Å². The van der Waals surface area contributed by atoms with Gasteiger partial charge in [-0.05, 0) is 24.3 Å². The van der Waals surface area contributed by atoms with Gasteiger partial charge in [0.05, 0.1) is 5.69 Å². The van der Waals surface area contributed by atoms with Gasteiger partial charge in [-0.2, -0.15) is 5.10 Å². The van der Waals surface area contributed by atoms with E-state index in [0.717, 1.165) is 11.3 Å². The summed E-state index contributed by atoms with van der Waals surface area (Å²) in [4.78, 5) is 21.7. The van der Waals surface area contributed by atoms with Gasteiger partial charge < -0.3 is 10.6 Å². The quantitative estimate of drug-likeness (QED) is 0.570. The number of nitrogens with zero attached hydrogens (tertiary/aromatic N) is 4. The molecule has 3 N–H and O–H groups in total. The number of nitrogen functional groups attached to an aromatic ring is 1. The smallest absolute Gasteiger partial charge is 0.276 e. The van der Waals surface area contributed by atoms with Gasteiger partial charge >= 0.3 is 0 Å². The zero-order valence-electron chi connectivity index (χ0n) is 12.2. The molecule has 3 aromatic rings. The van der Waals surface area contributed by atoms with Crippen molar-refractivity contribution in [2.45, 2.75) is 0 Å². The van der Waals surface area contributed by atoms with Crippen molar-refractivity contribution in [3.05, 3.63) is 72.1 Å². The fourth-order valence-corrected chi connectivity index (χ4v) is 1.70. The van der Waals surface area contributed by atoms with Crippen LogP contribution in [0.25, 0.3) is 16.1 Å². The summed E-state index contributed by atoms with van der Waals surface area (Å²) in [7, 11) is 0. The van der Waals surface area contributed by atoms with E-state index in [2.05, 4.69) is 25.0 Å². The molecule has 7 nitrogen and oxygen atoms in total. The Balaban J connectivity index is 0.000000168. The maximum atomic E-state index is 11.0. The van der Waals surface area contributed by atoms with Gasteiger partial charge in [0.15, 0.2) is 0 Å². The van der Waals surface area contributed by atoms with E-state index in [1.165, 1.54) is 6.20 Å². The lowest BCUT2D eigenvalue weighted by molar-refractivity contribution is 0.101. The number of aromatic amines is 1. The Morgan fingerprint density at radius 2 is 1.96 bits per heavy atom. The van der Waals surface area contributed by atoms with E-state index in [0.29, 0.717) is 11.4 Å². The minimum atomic E-state index is -0.173. The summed E-state index contributed by atoms with van der Waals surface area (Å²) in [5, 5.41) is 6.62. The van der Waals surface area contributed by atoms with Gasteiger partial charge in [-0.1, -0.05) is 0 Å². The highest BCUT2D eigenvalue weighted by molar-refractivity contribution is 5.98. The van der Waals surface area contributed by atoms with Gasteiger partial charge in [-0.25, -0.2) is 6.57 Å². The van der Waals surface area contributed by atoms with Gasteiger partial charge in [-0.3, -0.25) is 19.9 Å². The summed E-state index contributed by atoms with van der Waals surface area (Å²) in [5.74, 6) is 0.321. The number of rotatable bonds is 3. The molecular weight excluding hydrogens is 292 g/mol. The molecule has 0 aliphatic rings. The second-order valence-corrected chi connectivity index (χ2v) is 4.43. The summed E-state index contributed by atoms with van der Waals surface area (Å²) in [5.41, 5.74) is 7.83. The monoisotopic (exact) mass is 306 g/mol. The normalized spacial score (nSPS) is 9.35. The zero-order chi connectivity index (χ0) is 16.5. The summed E-state index contributed by atoms with van der Waals surface area (Å²) in [6.45, 7) is 6.37. The summed E-state index contributed by atoms with van der Waals surface area (Å²) in [6, 6.07) is 8.92. The molecule has 3 heterocycles. The highest BCUT2D eigenvalue weighted by atomic mass is 16.1. The molecule has 0 aromatic carbocycles. The average Bonchev–Trinajstić information content (AvgIpc) is 3.04. The van der Waals surface area contributed by atoms with Crippen molar-refractivity contribution < 1.29 is 4.79 Å². The number of carbonyl (C=O) groups is 1. The molecule has 0 fully saturated rings. The number of anilines is 1. The fourth-order valence-electron chi connectivity index (χ4n) is 1.70. The van der Waals surface area contributed by atoms with Crippen LogP contribution in [-0.4, -0.2) is 32.5 Å². The van der Waals surface area contributed by atoms with Gasteiger partial charge in [-0.15, -0.1) is 0 Å². The Bertz CT molecular complexity index is 792. The van der Waals surface area contributed by atoms with Gasteiger partial charge in [0.25, 0.3) is 6.54 Å². The minimum absolute atomic E-state index is 0.0916. The molecule has 23 heavy (non-hydrogen) atoms. The molecule has 0 radical (unpaired) electrons. The highest BCUT2D eigenvalue weighted by Crippen LogP contribution is 2.15. The molecule has 3 aromatic heterocycles. The Kier molecular flexibility index (Phi) is 5.54. The molecule has 0 saturated heterocycles. The van der Waals surface area contributed by atoms with Crippen molar-refractivity contribution in [2.24, 2.45) is 0 Å². The second kappa shape index (κ2) is 8.05. The van der Waals surface area contributed by atoms with Crippen molar-refractivity contribution in [3.8, 4) is 11.3 Å². The molecule has 0 unspecified atom stereocenters. The third kappa shape index (κ3) is 4.75. The molecule has 0 aliphatic carbocycles. The first-order chi connectivity index (χ1) is 11.2. The summed E-state index contributed by atoms with van der Waals surface area (Å²) < 4.78 is 0. The lowest BCUT2D eigenvalue weighted by Gasteiger charge is -1.92. The van der Waals surface area contributed by atoms with Gasteiger partial charge in [0.2, 0.25) is 5.78 Å². The van der Waals surface area contributed by atoms with E-state index in [1.807, 2.05) is 12.1 Å². The van der Waals surface area contributed by atoms with Crippen LogP contribution in [0.15, 0.2) is 55.1 Å².